The number of carbonyl (C=O) groups excluding carboxylic acids is 1. The highest BCUT2D eigenvalue weighted by Gasteiger charge is 2.34. The number of aromatic nitrogens is 1. The number of carbonyl (C=O) groups is 1. The second-order valence-corrected chi connectivity index (χ2v) is 7.69. The van der Waals surface area contributed by atoms with Crippen molar-refractivity contribution in [3.8, 4) is 0 Å². The van der Waals surface area contributed by atoms with E-state index in [4.69, 9.17) is 10.5 Å². The molecule has 0 bridgehead atoms. The van der Waals surface area contributed by atoms with Crippen molar-refractivity contribution in [3.63, 3.8) is 0 Å². The highest BCUT2D eigenvalue weighted by atomic mass is 32.1. The van der Waals surface area contributed by atoms with Gasteiger partial charge in [-0.05, 0) is 37.5 Å². The van der Waals surface area contributed by atoms with Gasteiger partial charge in [-0.15, -0.1) is 11.3 Å². The van der Waals surface area contributed by atoms with Crippen molar-refractivity contribution in [1.29, 1.82) is 0 Å². The third kappa shape index (κ3) is 3.79. The van der Waals surface area contributed by atoms with Crippen LogP contribution >= 0.6 is 11.3 Å². The molecule has 1 aromatic heterocycles. The highest BCUT2D eigenvalue weighted by Crippen LogP contribution is 2.39. The fourth-order valence-corrected chi connectivity index (χ4v) is 3.90. The molecule has 3 unspecified atom stereocenters. The van der Waals surface area contributed by atoms with Crippen LogP contribution in [0.15, 0.2) is 5.38 Å². The van der Waals surface area contributed by atoms with E-state index < -0.39 is 0 Å². The zero-order valence-electron chi connectivity index (χ0n) is 12.7. The van der Waals surface area contributed by atoms with Gasteiger partial charge in [-0.1, -0.05) is 20.8 Å². The van der Waals surface area contributed by atoms with Gasteiger partial charge in [0, 0.05) is 5.38 Å². The third-order valence-electron chi connectivity index (χ3n) is 3.74. The third-order valence-corrected chi connectivity index (χ3v) is 4.79. The summed E-state index contributed by atoms with van der Waals surface area (Å²) in [6.45, 7) is 8.55. The first-order valence-corrected chi connectivity index (χ1v) is 8.07. The van der Waals surface area contributed by atoms with E-state index in [1.54, 1.807) is 5.38 Å². The number of rotatable bonds is 3. The van der Waals surface area contributed by atoms with E-state index in [1.807, 2.05) is 6.92 Å². The Morgan fingerprint density at radius 3 is 2.80 bits per heavy atom. The number of hydrogen-bond acceptors (Lipinski definition) is 5. The predicted molar refractivity (Wildman–Crippen MR) is 80.7 cm³/mol. The standard InChI is InChI=1S/C15H24N2O2S/c1-9-5-11(7-15(3,4)6-9)19-14(18)12-8-20-13(17-12)10(2)16/h8-11H,5-7,16H2,1-4H3. The molecule has 0 spiro atoms. The van der Waals surface area contributed by atoms with E-state index in [0.717, 1.165) is 17.8 Å². The Morgan fingerprint density at radius 2 is 2.25 bits per heavy atom. The van der Waals surface area contributed by atoms with Crippen molar-refractivity contribution >= 4 is 17.3 Å². The van der Waals surface area contributed by atoms with Crippen LogP contribution in [0.2, 0.25) is 0 Å². The van der Waals surface area contributed by atoms with Gasteiger partial charge in [-0.2, -0.15) is 0 Å². The average molecular weight is 296 g/mol. The lowest BCUT2D eigenvalue weighted by atomic mass is 9.71. The molecule has 3 atom stereocenters. The van der Waals surface area contributed by atoms with Crippen LogP contribution in [0.5, 0.6) is 0 Å². The van der Waals surface area contributed by atoms with Crippen LogP contribution in [0, 0.1) is 11.3 Å². The van der Waals surface area contributed by atoms with Crippen LogP contribution in [0.4, 0.5) is 0 Å². The lowest BCUT2D eigenvalue weighted by Crippen LogP contribution is -2.34. The lowest BCUT2D eigenvalue weighted by Gasteiger charge is -2.38. The first-order valence-electron chi connectivity index (χ1n) is 7.19. The normalized spacial score (nSPS) is 27.1. The van der Waals surface area contributed by atoms with E-state index in [0.29, 0.717) is 11.6 Å². The number of ether oxygens (including phenoxy) is 1. The molecule has 2 N–H and O–H groups in total. The fourth-order valence-electron chi connectivity index (χ4n) is 3.15. The first kappa shape index (κ1) is 15.4. The Kier molecular flexibility index (Phi) is 4.49. The molecular weight excluding hydrogens is 272 g/mol. The van der Waals surface area contributed by atoms with Crippen molar-refractivity contribution in [1.82, 2.24) is 4.98 Å². The van der Waals surface area contributed by atoms with Gasteiger partial charge in [-0.3, -0.25) is 0 Å². The minimum atomic E-state index is -0.317. The zero-order chi connectivity index (χ0) is 14.9. The zero-order valence-corrected chi connectivity index (χ0v) is 13.5. The van der Waals surface area contributed by atoms with Crippen molar-refractivity contribution in [2.45, 2.75) is 59.1 Å². The summed E-state index contributed by atoms with van der Waals surface area (Å²) in [4.78, 5) is 16.4. The van der Waals surface area contributed by atoms with Crippen LogP contribution in [0.3, 0.4) is 0 Å². The summed E-state index contributed by atoms with van der Waals surface area (Å²) in [5, 5.41) is 2.51. The van der Waals surface area contributed by atoms with E-state index in [-0.39, 0.29) is 23.5 Å². The van der Waals surface area contributed by atoms with Crippen LogP contribution < -0.4 is 5.73 Å². The van der Waals surface area contributed by atoms with Crippen molar-refractivity contribution in [2.75, 3.05) is 0 Å². The second-order valence-electron chi connectivity index (χ2n) is 6.80. The maximum Gasteiger partial charge on any atom is 0.358 e. The molecule has 1 heterocycles. The summed E-state index contributed by atoms with van der Waals surface area (Å²) in [6.07, 6.45) is 3.06. The summed E-state index contributed by atoms with van der Waals surface area (Å²) >= 11 is 1.41. The van der Waals surface area contributed by atoms with Gasteiger partial charge < -0.3 is 10.5 Å². The van der Waals surface area contributed by atoms with Gasteiger partial charge in [0.2, 0.25) is 0 Å². The Labute approximate surface area is 124 Å². The molecule has 5 heteroatoms. The number of thiazole rings is 1. The minimum Gasteiger partial charge on any atom is -0.458 e. The van der Waals surface area contributed by atoms with Gasteiger partial charge in [0.15, 0.2) is 5.69 Å². The smallest absolute Gasteiger partial charge is 0.358 e. The quantitative estimate of drug-likeness (QED) is 0.867. The molecule has 1 aromatic rings. The lowest BCUT2D eigenvalue weighted by molar-refractivity contribution is -0.00761. The monoisotopic (exact) mass is 296 g/mol. The molecule has 4 nitrogen and oxygen atoms in total. The molecule has 112 valence electrons. The maximum atomic E-state index is 12.1. The molecule has 0 radical (unpaired) electrons. The molecular formula is C15H24N2O2S. The van der Waals surface area contributed by atoms with Gasteiger partial charge in [0.1, 0.15) is 11.1 Å². The van der Waals surface area contributed by atoms with Crippen LogP contribution in [0.1, 0.15) is 68.5 Å². The Morgan fingerprint density at radius 1 is 1.55 bits per heavy atom. The van der Waals surface area contributed by atoms with Crippen LogP contribution in [-0.2, 0) is 4.74 Å². The second kappa shape index (κ2) is 5.82. The van der Waals surface area contributed by atoms with E-state index in [2.05, 4.69) is 25.8 Å². The summed E-state index contributed by atoms with van der Waals surface area (Å²) in [5.41, 5.74) is 6.39. The van der Waals surface area contributed by atoms with Gasteiger partial charge >= 0.3 is 5.97 Å². The largest absolute Gasteiger partial charge is 0.458 e. The van der Waals surface area contributed by atoms with E-state index in [1.165, 1.54) is 17.8 Å². The summed E-state index contributed by atoms with van der Waals surface area (Å²) in [6, 6.07) is -0.143. The molecule has 1 aliphatic carbocycles. The molecule has 20 heavy (non-hydrogen) atoms. The molecule has 0 amide bonds. The highest BCUT2D eigenvalue weighted by molar-refractivity contribution is 7.09. The number of nitrogens with zero attached hydrogens (tertiary/aromatic N) is 1. The van der Waals surface area contributed by atoms with Crippen LogP contribution in [-0.4, -0.2) is 17.1 Å². The molecule has 0 aliphatic heterocycles. The number of esters is 1. The molecule has 1 saturated carbocycles. The van der Waals surface area contributed by atoms with Gasteiger partial charge in [-0.25, -0.2) is 9.78 Å². The molecule has 1 fully saturated rings. The van der Waals surface area contributed by atoms with Gasteiger partial charge in [0.25, 0.3) is 0 Å². The summed E-state index contributed by atoms with van der Waals surface area (Å²) in [7, 11) is 0. The molecule has 0 aromatic carbocycles. The Bertz CT molecular complexity index is 482. The van der Waals surface area contributed by atoms with E-state index >= 15 is 0 Å². The van der Waals surface area contributed by atoms with Crippen molar-refractivity contribution in [3.05, 3.63) is 16.1 Å². The molecule has 2 rings (SSSR count). The predicted octanol–water partition coefficient (Wildman–Crippen LogP) is 3.53. The molecule has 1 aliphatic rings. The molecule has 0 saturated heterocycles. The number of nitrogens with two attached hydrogens (primary N) is 1. The van der Waals surface area contributed by atoms with Crippen LogP contribution in [0.25, 0.3) is 0 Å². The fraction of sp³-hybridized carbons (Fsp3) is 0.733. The summed E-state index contributed by atoms with van der Waals surface area (Å²) < 4.78 is 5.64. The number of hydrogen-bond donors (Lipinski definition) is 1. The maximum absolute atomic E-state index is 12.1. The topological polar surface area (TPSA) is 65.2 Å². The SMILES string of the molecule is CC1CC(OC(=O)c2csc(C(C)N)n2)CC(C)(C)C1. The Hall–Kier alpha value is -0.940. The first-order chi connectivity index (χ1) is 9.27. The van der Waals surface area contributed by atoms with Crippen molar-refractivity contribution < 1.29 is 9.53 Å². The average Bonchev–Trinajstić information content (AvgIpc) is 2.74. The summed E-state index contributed by atoms with van der Waals surface area (Å²) in [5.74, 6) is 0.273. The minimum absolute atomic E-state index is 0.00157. The van der Waals surface area contributed by atoms with E-state index in [9.17, 15) is 4.79 Å². The van der Waals surface area contributed by atoms with Crippen molar-refractivity contribution in [2.24, 2.45) is 17.1 Å². The Balaban J connectivity index is 2.00. The van der Waals surface area contributed by atoms with Gasteiger partial charge in [0.05, 0.1) is 6.04 Å².